The van der Waals surface area contributed by atoms with Crippen molar-refractivity contribution in [1.82, 2.24) is 5.32 Å². The van der Waals surface area contributed by atoms with Gasteiger partial charge in [0, 0.05) is 19.5 Å². The first-order valence-electron chi connectivity index (χ1n) is 8.68. The van der Waals surface area contributed by atoms with Crippen molar-refractivity contribution in [1.29, 1.82) is 0 Å². The number of anilines is 1. The van der Waals surface area contributed by atoms with E-state index >= 15 is 0 Å². The molecule has 0 aliphatic carbocycles. The lowest BCUT2D eigenvalue weighted by molar-refractivity contribution is -0.121. The number of amides is 1. The van der Waals surface area contributed by atoms with Crippen molar-refractivity contribution in [3.05, 3.63) is 65.2 Å². The summed E-state index contributed by atoms with van der Waals surface area (Å²) in [5, 5.41) is 2.83. The number of nitrogens with zero attached hydrogens (tertiary/aromatic N) is 1. The second-order valence-corrected chi connectivity index (χ2v) is 8.27. The Hall–Kier alpha value is -2.34. The molecule has 2 aromatic carbocycles. The summed E-state index contributed by atoms with van der Waals surface area (Å²) in [6.45, 7) is 4.60. The van der Waals surface area contributed by atoms with E-state index in [9.17, 15) is 13.2 Å². The van der Waals surface area contributed by atoms with Crippen LogP contribution in [-0.2, 0) is 27.8 Å². The van der Waals surface area contributed by atoms with Crippen LogP contribution in [0.25, 0.3) is 0 Å². The Morgan fingerprint density at radius 1 is 1.00 bits per heavy atom. The summed E-state index contributed by atoms with van der Waals surface area (Å²) in [5.74, 6) is -0.176. The van der Waals surface area contributed by atoms with Gasteiger partial charge in [-0.25, -0.2) is 8.42 Å². The van der Waals surface area contributed by atoms with E-state index in [1.807, 2.05) is 50.2 Å². The van der Waals surface area contributed by atoms with Crippen LogP contribution in [0.3, 0.4) is 0 Å². The molecule has 0 saturated heterocycles. The van der Waals surface area contributed by atoms with Gasteiger partial charge >= 0.3 is 0 Å². The van der Waals surface area contributed by atoms with Gasteiger partial charge in [-0.3, -0.25) is 9.10 Å². The van der Waals surface area contributed by atoms with Crippen LogP contribution in [0.2, 0.25) is 0 Å². The quantitative estimate of drug-likeness (QED) is 0.772. The average molecular weight is 375 g/mol. The number of benzene rings is 2. The molecule has 0 saturated carbocycles. The van der Waals surface area contributed by atoms with Gasteiger partial charge in [0.05, 0.1) is 11.9 Å². The summed E-state index contributed by atoms with van der Waals surface area (Å²) in [6.07, 6.45) is 2.15. The van der Waals surface area contributed by atoms with Crippen molar-refractivity contribution in [3.8, 4) is 0 Å². The van der Waals surface area contributed by atoms with Gasteiger partial charge < -0.3 is 5.32 Å². The first-order valence-corrected chi connectivity index (χ1v) is 10.5. The highest BCUT2D eigenvalue weighted by molar-refractivity contribution is 7.92. The van der Waals surface area contributed by atoms with E-state index in [1.165, 1.54) is 4.31 Å². The predicted molar refractivity (Wildman–Crippen MR) is 106 cm³/mol. The summed E-state index contributed by atoms with van der Waals surface area (Å²) >= 11 is 0. The number of hydrogen-bond donors (Lipinski definition) is 1. The molecule has 26 heavy (non-hydrogen) atoms. The van der Waals surface area contributed by atoms with Crippen LogP contribution in [0.5, 0.6) is 0 Å². The lowest BCUT2D eigenvalue weighted by Gasteiger charge is -2.22. The van der Waals surface area contributed by atoms with Crippen molar-refractivity contribution in [3.63, 3.8) is 0 Å². The van der Waals surface area contributed by atoms with Gasteiger partial charge in [0.25, 0.3) is 0 Å². The number of sulfonamides is 1. The van der Waals surface area contributed by atoms with Gasteiger partial charge in [-0.15, -0.1) is 0 Å². The van der Waals surface area contributed by atoms with Crippen molar-refractivity contribution in [2.45, 2.75) is 33.2 Å². The summed E-state index contributed by atoms with van der Waals surface area (Å²) in [4.78, 5) is 12.1. The molecule has 5 nitrogen and oxygen atoms in total. The third kappa shape index (κ3) is 5.88. The van der Waals surface area contributed by atoms with E-state index in [0.717, 1.165) is 29.4 Å². The lowest BCUT2D eigenvalue weighted by atomic mass is 10.1. The summed E-state index contributed by atoms with van der Waals surface area (Å²) < 4.78 is 25.5. The molecule has 2 aromatic rings. The number of nitrogens with one attached hydrogen (secondary N) is 1. The van der Waals surface area contributed by atoms with Crippen molar-refractivity contribution >= 4 is 21.6 Å². The molecule has 0 spiro atoms. The fraction of sp³-hybridized carbons (Fsp3) is 0.350. The third-order valence-corrected chi connectivity index (χ3v) is 5.38. The SMILES string of the molecule is CCc1ccc(N(CCC(=O)NCc2ccc(C)cc2)S(C)(=O)=O)cc1. The average Bonchev–Trinajstić information content (AvgIpc) is 2.61. The number of carbonyl (C=O) groups is 1. The Kier molecular flexibility index (Phi) is 6.80. The molecule has 0 aromatic heterocycles. The maximum Gasteiger partial charge on any atom is 0.232 e. The molecule has 0 aliphatic rings. The highest BCUT2D eigenvalue weighted by Crippen LogP contribution is 2.19. The number of hydrogen-bond acceptors (Lipinski definition) is 3. The monoisotopic (exact) mass is 374 g/mol. The molecule has 0 aliphatic heterocycles. The van der Waals surface area contributed by atoms with Crippen LogP contribution >= 0.6 is 0 Å². The molecule has 2 rings (SSSR count). The molecule has 0 radical (unpaired) electrons. The van der Waals surface area contributed by atoms with Crippen LogP contribution in [0, 0.1) is 6.92 Å². The van der Waals surface area contributed by atoms with Gasteiger partial charge in [-0.1, -0.05) is 48.9 Å². The standard InChI is InChI=1S/C20H26N2O3S/c1-4-17-9-11-19(12-10-17)22(26(3,24)25)14-13-20(23)21-15-18-7-5-16(2)6-8-18/h5-12H,4,13-15H2,1-3H3,(H,21,23). The van der Waals surface area contributed by atoms with Crippen LogP contribution in [0.1, 0.15) is 30.0 Å². The second kappa shape index (κ2) is 8.85. The Morgan fingerprint density at radius 3 is 2.12 bits per heavy atom. The van der Waals surface area contributed by atoms with Gasteiger partial charge in [0.15, 0.2) is 0 Å². The predicted octanol–water partition coefficient (Wildman–Crippen LogP) is 3.03. The van der Waals surface area contributed by atoms with Crippen LogP contribution in [0.15, 0.2) is 48.5 Å². The minimum Gasteiger partial charge on any atom is -0.352 e. The Bertz CT molecular complexity index is 828. The fourth-order valence-electron chi connectivity index (χ4n) is 2.58. The minimum absolute atomic E-state index is 0.106. The zero-order valence-corrected chi connectivity index (χ0v) is 16.3. The summed E-state index contributed by atoms with van der Waals surface area (Å²) in [7, 11) is -3.45. The van der Waals surface area contributed by atoms with E-state index in [4.69, 9.17) is 0 Å². The third-order valence-electron chi connectivity index (χ3n) is 4.19. The molecule has 140 valence electrons. The van der Waals surface area contributed by atoms with E-state index in [-0.39, 0.29) is 18.9 Å². The van der Waals surface area contributed by atoms with Gasteiger partial charge in [0.1, 0.15) is 0 Å². The summed E-state index contributed by atoms with van der Waals surface area (Å²) in [6, 6.07) is 15.3. The Balaban J connectivity index is 1.95. The van der Waals surface area contributed by atoms with E-state index in [0.29, 0.717) is 12.2 Å². The number of aryl methyl sites for hydroxylation is 2. The molecule has 6 heteroatoms. The van der Waals surface area contributed by atoms with Gasteiger partial charge in [0.2, 0.25) is 15.9 Å². The molecule has 0 heterocycles. The molecule has 0 unspecified atom stereocenters. The molecular formula is C20H26N2O3S. The van der Waals surface area contributed by atoms with E-state index < -0.39 is 10.0 Å². The van der Waals surface area contributed by atoms with E-state index in [1.54, 1.807) is 12.1 Å². The van der Waals surface area contributed by atoms with Crippen LogP contribution in [0.4, 0.5) is 5.69 Å². The smallest absolute Gasteiger partial charge is 0.232 e. The maximum absolute atomic E-state index is 12.1. The molecule has 1 amide bonds. The molecule has 1 N–H and O–H groups in total. The molecular weight excluding hydrogens is 348 g/mol. The van der Waals surface area contributed by atoms with Gasteiger partial charge in [-0.2, -0.15) is 0 Å². The molecule has 0 fully saturated rings. The summed E-state index contributed by atoms with van der Waals surface area (Å²) in [5.41, 5.74) is 3.89. The second-order valence-electron chi connectivity index (χ2n) is 6.37. The number of carbonyl (C=O) groups excluding carboxylic acids is 1. The maximum atomic E-state index is 12.1. The van der Waals surface area contributed by atoms with Crippen LogP contribution < -0.4 is 9.62 Å². The fourth-order valence-corrected chi connectivity index (χ4v) is 3.51. The number of rotatable bonds is 8. The Morgan fingerprint density at radius 2 is 1.58 bits per heavy atom. The van der Waals surface area contributed by atoms with E-state index in [2.05, 4.69) is 5.32 Å². The molecule has 0 atom stereocenters. The zero-order valence-electron chi connectivity index (χ0n) is 15.5. The highest BCUT2D eigenvalue weighted by Gasteiger charge is 2.18. The first-order chi connectivity index (χ1) is 12.3. The highest BCUT2D eigenvalue weighted by atomic mass is 32.2. The topological polar surface area (TPSA) is 66.5 Å². The zero-order chi connectivity index (χ0) is 19.2. The minimum atomic E-state index is -3.45. The van der Waals surface area contributed by atoms with Crippen molar-refractivity contribution < 1.29 is 13.2 Å². The van der Waals surface area contributed by atoms with Gasteiger partial charge in [-0.05, 0) is 36.6 Å². The van der Waals surface area contributed by atoms with Crippen molar-refractivity contribution in [2.24, 2.45) is 0 Å². The van der Waals surface area contributed by atoms with Crippen molar-refractivity contribution in [2.75, 3.05) is 17.1 Å². The Labute approximate surface area is 156 Å². The first kappa shape index (κ1) is 20.0. The molecule has 0 bridgehead atoms. The largest absolute Gasteiger partial charge is 0.352 e. The lowest BCUT2D eigenvalue weighted by Crippen LogP contribution is -2.34. The normalized spacial score (nSPS) is 11.2. The van der Waals surface area contributed by atoms with Crippen LogP contribution in [-0.4, -0.2) is 27.1 Å².